The molecule has 0 bridgehead atoms. The number of hydrogen-bond acceptors (Lipinski definition) is 5. The van der Waals surface area contributed by atoms with Crippen molar-refractivity contribution in [1.29, 1.82) is 0 Å². The van der Waals surface area contributed by atoms with E-state index in [4.69, 9.17) is 18.9 Å². The number of benzene rings is 1. The zero-order valence-corrected chi connectivity index (χ0v) is 17.3. The third-order valence-electron chi connectivity index (χ3n) is 4.26. The highest BCUT2D eigenvalue weighted by Gasteiger charge is 2.21. The molecule has 0 saturated carbocycles. The van der Waals surface area contributed by atoms with Crippen LogP contribution in [-0.4, -0.2) is 38.2 Å². The number of hydrogen-bond donors (Lipinski definition) is 0. The molecule has 0 heterocycles. The van der Waals surface area contributed by atoms with E-state index < -0.39 is 0 Å². The fourth-order valence-corrected chi connectivity index (χ4v) is 2.66. The van der Waals surface area contributed by atoms with Crippen molar-refractivity contribution in [2.75, 3.05) is 19.8 Å². The van der Waals surface area contributed by atoms with Crippen LogP contribution in [0.15, 0.2) is 30.3 Å². The summed E-state index contributed by atoms with van der Waals surface area (Å²) in [6.07, 6.45) is 3.93. The van der Waals surface area contributed by atoms with E-state index >= 15 is 0 Å². The van der Waals surface area contributed by atoms with E-state index in [0.29, 0.717) is 13.2 Å². The minimum atomic E-state index is -0.385. The molecular formula is C22H36O5. The number of carbonyl (C=O) groups excluding carboxylic acids is 1. The van der Waals surface area contributed by atoms with Crippen molar-refractivity contribution in [3.8, 4) is 5.75 Å². The van der Waals surface area contributed by atoms with Crippen molar-refractivity contribution < 1.29 is 23.7 Å². The lowest BCUT2D eigenvalue weighted by molar-refractivity contribution is -0.185. The lowest BCUT2D eigenvalue weighted by atomic mass is 10.00. The van der Waals surface area contributed by atoms with Crippen LogP contribution in [0.1, 0.15) is 59.8 Å². The second kappa shape index (κ2) is 14.5. The van der Waals surface area contributed by atoms with Gasteiger partial charge in [0.1, 0.15) is 25.1 Å². The summed E-state index contributed by atoms with van der Waals surface area (Å²) in [6, 6.07) is 9.54. The minimum Gasteiger partial charge on any atom is -0.491 e. The van der Waals surface area contributed by atoms with Crippen LogP contribution >= 0.6 is 0 Å². The second-order valence-electron chi connectivity index (χ2n) is 6.70. The van der Waals surface area contributed by atoms with Crippen molar-refractivity contribution in [2.24, 2.45) is 5.92 Å². The molecule has 0 aliphatic rings. The normalized spacial score (nSPS) is 14.4. The molecule has 0 saturated heterocycles. The van der Waals surface area contributed by atoms with Gasteiger partial charge in [-0.25, -0.2) is 0 Å². The fourth-order valence-electron chi connectivity index (χ4n) is 2.66. The van der Waals surface area contributed by atoms with Gasteiger partial charge in [-0.3, -0.25) is 4.79 Å². The molecule has 27 heavy (non-hydrogen) atoms. The average molecular weight is 381 g/mol. The Balaban J connectivity index is 2.56. The van der Waals surface area contributed by atoms with Gasteiger partial charge in [0.05, 0.1) is 5.92 Å². The largest absolute Gasteiger partial charge is 0.491 e. The SMILES string of the molecule is CCCCC(CC)C(=O)OCC(COc1ccccc1)OC(C)OCCC. The summed E-state index contributed by atoms with van der Waals surface area (Å²) >= 11 is 0. The molecular weight excluding hydrogens is 344 g/mol. The highest BCUT2D eigenvalue weighted by molar-refractivity contribution is 5.72. The molecule has 5 heteroatoms. The van der Waals surface area contributed by atoms with Gasteiger partial charge >= 0.3 is 5.97 Å². The highest BCUT2D eigenvalue weighted by Crippen LogP contribution is 2.16. The summed E-state index contributed by atoms with van der Waals surface area (Å²) in [4.78, 5) is 12.4. The Labute approximate surface area is 164 Å². The second-order valence-corrected chi connectivity index (χ2v) is 6.70. The predicted octanol–water partition coefficient (Wildman–Crippen LogP) is 4.98. The van der Waals surface area contributed by atoms with Crippen LogP contribution in [0.3, 0.4) is 0 Å². The maximum atomic E-state index is 12.4. The van der Waals surface area contributed by atoms with Crippen LogP contribution in [0, 0.1) is 5.92 Å². The molecule has 5 nitrogen and oxygen atoms in total. The van der Waals surface area contributed by atoms with Crippen LogP contribution in [0.25, 0.3) is 0 Å². The highest BCUT2D eigenvalue weighted by atomic mass is 16.7. The monoisotopic (exact) mass is 380 g/mol. The zero-order valence-electron chi connectivity index (χ0n) is 17.3. The number of ether oxygens (including phenoxy) is 4. The Bertz CT molecular complexity index is 491. The summed E-state index contributed by atoms with van der Waals surface area (Å²) in [5, 5.41) is 0. The standard InChI is InChI=1S/C22H36O5/c1-5-8-12-19(7-3)22(23)26-17-21(27-18(4)24-15-6-2)16-25-20-13-10-9-11-14-20/h9-11,13-14,18-19,21H,5-8,12,15-17H2,1-4H3. The molecule has 3 atom stereocenters. The number of para-hydroxylation sites is 1. The molecule has 1 aromatic carbocycles. The number of carbonyl (C=O) groups is 1. The summed E-state index contributed by atoms with van der Waals surface area (Å²) in [7, 11) is 0. The van der Waals surface area contributed by atoms with Crippen molar-refractivity contribution in [2.45, 2.75) is 72.2 Å². The fraction of sp³-hybridized carbons (Fsp3) is 0.682. The molecule has 0 aromatic heterocycles. The first-order valence-corrected chi connectivity index (χ1v) is 10.2. The molecule has 3 unspecified atom stereocenters. The Morgan fingerprint density at radius 1 is 1.04 bits per heavy atom. The zero-order chi connectivity index (χ0) is 19.9. The molecule has 0 fully saturated rings. The van der Waals surface area contributed by atoms with E-state index in [1.165, 1.54) is 0 Å². The molecule has 0 aliphatic heterocycles. The van der Waals surface area contributed by atoms with Gasteiger partial charge in [0, 0.05) is 6.61 Å². The van der Waals surface area contributed by atoms with Gasteiger partial charge in [0.2, 0.25) is 0 Å². The maximum Gasteiger partial charge on any atom is 0.309 e. The van der Waals surface area contributed by atoms with Crippen LogP contribution in [0.2, 0.25) is 0 Å². The number of unbranched alkanes of at least 4 members (excludes halogenated alkanes) is 1. The van der Waals surface area contributed by atoms with Crippen LogP contribution in [-0.2, 0) is 19.0 Å². The quantitative estimate of drug-likeness (QED) is 0.317. The molecule has 0 amide bonds. The Hall–Kier alpha value is -1.59. The van der Waals surface area contributed by atoms with Crippen LogP contribution in [0.5, 0.6) is 5.75 Å². The lowest BCUT2D eigenvalue weighted by Crippen LogP contribution is -2.33. The topological polar surface area (TPSA) is 54.0 Å². The first-order chi connectivity index (χ1) is 13.1. The molecule has 154 valence electrons. The van der Waals surface area contributed by atoms with Gasteiger partial charge in [0.15, 0.2) is 6.29 Å². The molecule has 0 spiro atoms. The molecule has 0 aliphatic carbocycles. The first kappa shape index (κ1) is 23.4. The molecule has 0 N–H and O–H groups in total. The summed E-state index contributed by atoms with van der Waals surface area (Å²) < 4.78 is 22.8. The van der Waals surface area contributed by atoms with E-state index in [1.807, 2.05) is 51.1 Å². The lowest BCUT2D eigenvalue weighted by Gasteiger charge is -2.23. The first-order valence-electron chi connectivity index (χ1n) is 10.2. The van der Waals surface area contributed by atoms with Gasteiger partial charge in [-0.05, 0) is 38.3 Å². The van der Waals surface area contributed by atoms with Crippen LogP contribution in [0.4, 0.5) is 0 Å². The van der Waals surface area contributed by atoms with Crippen molar-refractivity contribution >= 4 is 5.97 Å². The van der Waals surface area contributed by atoms with Gasteiger partial charge in [-0.15, -0.1) is 0 Å². The minimum absolute atomic E-state index is 0.0468. The smallest absolute Gasteiger partial charge is 0.309 e. The van der Waals surface area contributed by atoms with E-state index in [9.17, 15) is 4.79 Å². The Morgan fingerprint density at radius 2 is 1.78 bits per heavy atom. The van der Waals surface area contributed by atoms with E-state index in [2.05, 4.69) is 6.92 Å². The Kier molecular flexibility index (Phi) is 12.6. The van der Waals surface area contributed by atoms with Gasteiger partial charge in [-0.2, -0.15) is 0 Å². The van der Waals surface area contributed by atoms with Gasteiger partial charge in [-0.1, -0.05) is 51.8 Å². The summed E-state index contributed by atoms with van der Waals surface area (Å²) in [5.41, 5.74) is 0. The predicted molar refractivity (Wildman–Crippen MR) is 107 cm³/mol. The number of rotatable bonds is 15. The summed E-state index contributed by atoms with van der Waals surface area (Å²) in [5.74, 6) is 0.560. The molecule has 1 aromatic rings. The summed E-state index contributed by atoms with van der Waals surface area (Å²) in [6.45, 7) is 9.13. The van der Waals surface area contributed by atoms with Crippen molar-refractivity contribution in [3.63, 3.8) is 0 Å². The Morgan fingerprint density at radius 3 is 2.41 bits per heavy atom. The van der Waals surface area contributed by atoms with E-state index in [0.717, 1.165) is 37.9 Å². The molecule has 1 rings (SSSR count). The third kappa shape index (κ3) is 10.4. The van der Waals surface area contributed by atoms with Crippen molar-refractivity contribution in [3.05, 3.63) is 30.3 Å². The van der Waals surface area contributed by atoms with Crippen LogP contribution < -0.4 is 4.74 Å². The third-order valence-corrected chi connectivity index (χ3v) is 4.26. The van der Waals surface area contributed by atoms with Gasteiger partial charge in [0.25, 0.3) is 0 Å². The molecule has 0 radical (unpaired) electrons. The average Bonchev–Trinajstić information content (AvgIpc) is 2.69. The van der Waals surface area contributed by atoms with Crippen molar-refractivity contribution in [1.82, 2.24) is 0 Å². The maximum absolute atomic E-state index is 12.4. The van der Waals surface area contributed by atoms with E-state index in [1.54, 1.807) is 0 Å². The number of esters is 1. The van der Waals surface area contributed by atoms with Gasteiger partial charge < -0.3 is 18.9 Å². The van der Waals surface area contributed by atoms with E-state index in [-0.39, 0.29) is 30.9 Å².